The van der Waals surface area contributed by atoms with E-state index in [4.69, 9.17) is 4.74 Å². The van der Waals surface area contributed by atoms with E-state index in [2.05, 4.69) is 20.4 Å². The molecule has 0 saturated carbocycles. The Labute approximate surface area is 83.2 Å². The van der Waals surface area contributed by atoms with Gasteiger partial charge in [0, 0.05) is 7.11 Å². The van der Waals surface area contributed by atoms with E-state index in [9.17, 15) is 0 Å². The van der Waals surface area contributed by atoms with Crippen LogP contribution >= 0.6 is 0 Å². The summed E-state index contributed by atoms with van der Waals surface area (Å²) in [6.45, 7) is 8.21. The molecule has 13 heavy (non-hydrogen) atoms. The van der Waals surface area contributed by atoms with E-state index < -0.39 is 0 Å². The van der Waals surface area contributed by atoms with Gasteiger partial charge < -0.3 is 4.74 Å². The number of allylic oxidation sites excluding steroid dienone is 1. The van der Waals surface area contributed by atoms with Crippen molar-refractivity contribution in [1.29, 1.82) is 0 Å². The van der Waals surface area contributed by atoms with Crippen molar-refractivity contribution >= 4 is 0 Å². The first kappa shape index (κ1) is 12.7. The minimum atomic E-state index is 0.454. The highest BCUT2D eigenvalue weighted by Crippen LogP contribution is 2.17. The fourth-order valence-corrected chi connectivity index (χ4v) is 1.53. The number of hydrogen-bond acceptors (Lipinski definition) is 1. The third-order valence-electron chi connectivity index (χ3n) is 2.73. The second-order valence-corrected chi connectivity index (χ2v) is 3.73. The molecule has 0 saturated heterocycles. The number of methoxy groups -OCH3 is 1. The van der Waals surface area contributed by atoms with Gasteiger partial charge in [-0.3, -0.25) is 0 Å². The molecule has 0 rings (SSSR count). The summed E-state index contributed by atoms with van der Waals surface area (Å²) in [5.74, 6) is 0.689. The number of hydrogen-bond donors (Lipinski definition) is 0. The van der Waals surface area contributed by atoms with Crippen molar-refractivity contribution in [2.75, 3.05) is 7.11 Å². The van der Waals surface area contributed by atoms with Gasteiger partial charge in [-0.15, -0.1) is 6.58 Å². The second kappa shape index (κ2) is 8.31. The van der Waals surface area contributed by atoms with Gasteiger partial charge in [-0.1, -0.05) is 32.8 Å². The summed E-state index contributed by atoms with van der Waals surface area (Å²) in [5.41, 5.74) is 0. The number of unbranched alkanes of at least 4 members (excludes halogenated alkanes) is 2. The maximum atomic E-state index is 5.46. The summed E-state index contributed by atoms with van der Waals surface area (Å²) < 4.78 is 5.46. The highest BCUT2D eigenvalue weighted by Gasteiger charge is 2.13. The Balaban J connectivity index is 3.52. The summed E-state index contributed by atoms with van der Waals surface area (Å²) in [5, 5.41) is 0. The summed E-state index contributed by atoms with van der Waals surface area (Å²) in [6, 6.07) is 0. The molecule has 0 aromatic heterocycles. The first-order valence-corrected chi connectivity index (χ1v) is 5.39. The van der Waals surface area contributed by atoms with Crippen molar-refractivity contribution in [1.82, 2.24) is 0 Å². The molecule has 0 heterocycles. The Kier molecular flexibility index (Phi) is 8.11. The van der Waals surface area contributed by atoms with Crippen molar-refractivity contribution in [2.45, 2.75) is 52.1 Å². The lowest BCUT2D eigenvalue weighted by atomic mass is 9.97. The molecule has 2 atom stereocenters. The molecule has 0 N–H and O–H groups in total. The lowest BCUT2D eigenvalue weighted by Crippen LogP contribution is -2.19. The van der Waals surface area contributed by atoms with Crippen LogP contribution in [-0.2, 0) is 4.74 Å². The van der Waals surface area contributed by atoms with Gasteiger partial charge in [0.15, 0.2) is 0 Å². The normalized spacial score (nSPS) is 15.3. The molecule has 0 fully saturated rings. The average molecular weight is 184 g/mol. The molecule has 0 aliphatic heterocycles. The van der Waals surface area contributed by atoms with E-state index in [1.165, 1.54) is 25.7 Å². The maximum absolute atomic E-state index is 5.46. The van der Waals surface area contributed by atoms with E-state index in [1.54, 1.807) is 0 Å². The fraction of sp³-hybridized carbons (Fsp3) is 0.833. The van der Waals surface area contributed by atoms with Crippen LogP contribution in [0.4, 0.5) is 0 Å². The molecular formula is C12H24O. The van der Waals surface area contributed by atoms with Gasteiger partial charge in [-0.05, 0) is 25.2 Å². The van der Waals surface area contributed by atoms with Crippen LogP contribution in [0, 0.1) is 5.92 Å². The first-order chi connectivity index (χ1) is 6.26. The van der Waals surface area contributed by atoms with Crippen LogP contribution in [0.1, 0.15) is 46.0 Å². The van der Waals surface area contributed by atoms with E-state index in [0.29, 0.717) is 12.0 Å². The van der Waals surface area contributed by atoms with Crippen molar-refractivity contribution in [3.63, 3.8) is 0 Å². The van der Waals surface area contributed by atoms with Crippen LogP contribution in [0.3, 0.4) is 0 Å². The van der Waals surface area contributed by atoms with Crippen molar-refractivity contribution in [3.8, 4) is 0 Å². The number of rotatable bonds is 8. The summed E-state index contributed by atoms with van der Waals surface area (Å²) in [7, 11) is 1.82. The third kappa shape index (κ3) is 5.87. The van der Waals surface area contributed by atoms with Gasteiger partial charge in [0.1, 0.15) is 0 Å². The van der Waals surface area contributed by atoms with E-state index in [1.807, 2.05) is 13.2 Å². The van der Waals surface area contributed by atoms with Crippen LogP contribution in [0.5, 0.6) is 0 Å². The molecule has 0 radical (unpaired) electrons. The third-order valence-corrected chi connectivity index (χ3v) is 2.73. The smallest absolute Gasteiger partial charge is 0.0596 e. The van der Waals surface area contributed by atoms with E-state index in [-0.39, 0.29) is 0 Å². The first-order valence-electron chi connectivity index (χ1n) is 5.39. The SMILES string of the molecule is C=CCCCCC(OC)C(C)CC. The minimum absolute atomic E-state index is 0.454. The lowest BCUT2D eigenvalue weighted by Gasteiger charge is -2.21. The van der Waals surface area contributed by atoms with Gasteiger partial charge in [0.2, 0.25) is 0 Å². The van der Waals surface area contributed by atoms with Crippen molar-refractivity contribution in [2.24, 2.45) is 5.92 Å². The lowest BCUT2D eigenvalue weighted by molar-refractivity contribution is 0.0485. The molecule has 0 spiro atoms. The van der Waals surface area contributed by atoms with E-state index >= 15 is 0 Å². The van der Waals surface area contributed by atoms with Crippen LogP contribution < -0.4 is 0 Å². The maximum Gasteiger partial charge on any atom is 0.0596 e. The Hall–Kier alpha value is -0.300. The molecule has 1 nitrogen and oxygen atoms in total. The monoisotopic (exact) mass is 184 g/mol. The molecule has 0 aliphatic carbocycles. The zero-order valence-electron chi connectivity index (χ0n) is 9.38. The zero-order chi connectivity index (χ0) is 10.1. The largest absolute Gasteiger partial charge is 0.381 e. The summed E-state index contributed by atoms with van der Waals surface area (Å²) in [4.78, 5) is 0. The average Bonchev–Trinajstić information content (AvgIpc) is 2.17. The van der Waals surface area contributed by atoms with Gasteiger partial charge in [0.05, 0.1) is 6.10 Å². The van der Waals surface area contributed by atoms with E-state index in [0.717, 1.165) is 6.42 Å². The van der Waals surface area contributed by atoms with Gasteiger partial charge in [0.25, 0.3) is 0 Å². The van der Waals surface area contributed by atoms with Crippen LogP contribution in [0.25, 0.3) is 0 Å². The Morgan fingerprint density at radius 1 is 1.38 bits per heavy atom. The highest BCUT2D eigenvalue weighted by atomic mass is 16.5. The molecule has 0 bridgehead atoms. The Bertz CT molecular complexity index is 120. The predicted octanol–water partition coefficient (Wildman–Crippen LogP) is 3.79. The Morgan fingerprint density at radius 3 is 2.54 bits per heavy atom. The molecule has 0 amide bonds. The fourth-order valence-electron chi connectivity index (χ4n) is 1.53. The van der Waals surface area contributed by atoms with Crippen molar-refractivity contribution in [3.05, 3.63) is 12.7 Å². The molecule has 2 unspecified atom stereocenters. The quantitative estimate of drug-likeness (QED) is 0.412. The van der Waals surface area contributed by atoms with Crippen molar-refractivity contribution < 1.29 is 4.74 Å². The predicted molar refractivity (Wildman–Crippen MR) is 58.9 cm³/mol. The summed E-state index contributed by atoms with van der Waals surface area (Å²) in [6.07, 6.45) is 8.49. The minimum Gasteiger partial charge on any atom is -0.381 e. The molecule has 0 aliphatic rings. The Morgan fingerprint density at radius 2 is 2.08 bits per heavy atom. The second-order valence-electron chi connectivity index (χ2n) is 3.73. The van der Waals surface area contributed by atoms with Gasteiger partial charge in [-0.2, -0.15) is 0 Å². The van der Waals surface area contributed by atoms with Crippen LogP contribution in [-0.4, -0.2) is 13.2 Å². The zero-order valence-corrected chi connectivity index (χ0v) is 9.38. The van der Waals surface area contributed by atoms with Gasteiger partial charge >= 0.3 is 0 Å². The highest BCUT2D eigenvalue weighted by molar-refractivity contribution is 4.68. The topological polar surface area (TPSA) is 9.23 Å². The number of ether oxygens (including phenoxy) is 1. The van der Waals surface area contributed by atoms with Crippen LogP contribution in [0.2, 0.25) is 0 Å². The molecular weight excluding hydrogens is 160 g/mol. The molecule has 78 valence electrons. The molecule has 1 heteroatoms. The molecule has 0 aromatic carbocycles. The molecule has 0 aromatic rings. The van der Waals surface area contributed by atoms with Crippen LogP contribution in [0.15, 0.2) is 12.7 Å². The van der Waals surface area contributed by atoms with Gasteiger partial charge in [-0.25, -0.2) is 0 Å². The summed E-state index contributed by atoms with van der Waals surface area (Å²) >= 11 is 0. The standard InChI is InChI=1S/C12H24O/c1-5-7-8-9-10-12(13-4)11(3)6-2/h5,11-12H,1,6-10H2,2-4H3.